The van der Waals surface area contributed by atoms with Gasteiger partial charge in [0.1, 0.15) is 6.10 Å². The molecule has 1 amide bonds. The van der Waals surface area contributed by atoms with Gasteiger partial charge in [0.25, 0.3) is 8.32 Å². The number of carboxylic acid groups (broad SMARTS) is 1. The average molecular weight is 527 g/mol. The highest BCUT2D eigenvalue weighted by molar-refractivity contribution is 14.1. The molecule has 0 aromatic heterocycles. The molecule has 158 valence electrons. The lowest BCUT2D eigenvalue weighted by Gasteiger charge is -2.44. The molecular formula is C22H30INO4Si. The lowest BCUT2D eigenvalue weighted by molar-refractivity contribution is 0.0336. The molecule has 0 saturated heterocycles. The van der Waals surface area contributed by atoms with E-state index in [9.17, 15) is 9.90 Å². The molecule has 0 fully saturated rings. The normalized spacial score (nSPS) is 14.2. The second-order valence-electron chi connectivity index (χ2n) is 7.96. The first-order valence-electron chi connectivity index (χ1n) is 9.59. The smallest absolute Gasteiger partial charge is 0.404 e. The molecule has 0 spiro atoms. The van der Waals surface area contributed by atoms with E-state index in [4.69, 9.17) is 9.16 Å². The van der Waals surface area contributed by atoms with Crippen LogP contribution in [0.1, 0.15) is 20.8 Å². The van der Waals surface area contributed by atoms with Crippen LogP contribution in [0.15, 0.2) is 60.7 Å². The van der Waals surface area contributed by atoms with E-state index in [1.165, 1.54) is 10.4 Å². The molecule has 0 saturated carbocycles. The number of methoxy groups -OCH3 is 1. The zero-order chi connectivity index (χ0) is 21.5. The van der Waals surface area contributed by atoms with E-state index in [1.807, 2.05) is 36.4 Å². The molecule has 0 heterocycles. The lowest BCUT2D eigenvalue weighted by Crippen LogP contribution is -2.67. The van der Waals surface area contributed by atoms with Crippen LogP contribution in [0.3, 0.4) is 0 Å². The minimum Gasteiger partial charge on any atom is -0.465 e. The van der Waals surface area contributed by atoms with Crippen molar-refractivity contribution < 1.29 is 19.1 Å². The van der Waals surface area contributed by atoms with Crippen LogP contribution in [0.5, 0.6) is 0 Å². The number of ether oxygens (including phenoxy) is 1. The monoisotopic (exact) mass is 527 g/mol. The Labute approximate surface area is 188 Å². The summed E-state index contributed by atoms with van der Waals surface area (Å²) in [6, 6.07) is 20.4. The minimum atomic E-state index is -2.68. The van der Waals surface area contributed by atoms with Crippen LogP contribution in [-0.2, 0) is 9.16 Å². The standard InChI is InChI=1S/C22H30INO4Si/c1-22(2,3)29(17-11-7-5-8-12-17,18-13-9-6-10-14-18)28-16-20(27-4)19(15-23)24-21(25)26/h5-14,19-20,24H,15-16H2,1-4H3,(H,25,26)/t19-,20-/m1/s1. The summed E-state index contributed by atoms with van der Waals surface area (Å²) in [7, 11) is -1.09. The second-order valence-corrected chi connectivity index (χ2v) is 13.1. The third-order valence-corrected chi connectivity index (χ3v) is 11.1. The molecule has 2 atom stereocenters. The van der Waals surface area contributed by atoms with Gasteiger partial charge in [0.2, 0.25) is 0 Å². The van der Waals surface area contributed by atoms with Crippen LogP contribution in [0.2, 0.25) is 5.04 Å². The lowest BCUT2D eigenvalue weighted by atomic mass is 10.2. The number of benzene rings is 2. The van der Waals surface area contributed by atoms with E-state index >= 15 is 0 Å². The molecule has 2 N–H and O–H groups in total. The van der Waals surface area contributed by atoms with Crippen LogP contribution in [-0.4, -0.2) is 49.8 Å². The van der Waals surface area contributed by atoms with Gasteiger partial charge in [-0.1, -0.05) is 104 Å². The highest BCUT2D eigenvalue weighted by Gasteiger charge is 2.50. The topological polar surface area (TPSA) is 67.8 Å². The molecule has 0 unspecified atom stereocenters. The van der Waals surface area contributed by atoms with Gasteiger partial charge in [0.05, 0.1) is 12.6 Å². The summed E-state index contributed by atoms with van der Waals surface area (Å²) in [6.45, 7) is 6.95. The molecule has 0 radical (unpaired) electrons. The number of hydrogen-bond acceptors (Lipinski definition) is 3. The molecule has 2 aromatic carbocycles. The van der Waals surface area contributed by atoms with E-state index in [0.29, 0.717) is 11.0 Å². The van der Waals surface area contributed by atoms with Crippen molar-refractivity contribution in [3.63, 3.8) is 0 Å². The third kappa shape index (κ3) is 5.59. The predicted molar refractivity (Wildman–Crippen MR) is 128 cm³/mol. The van der Waals surface area contributed by atoms with Gasteiger partial charge in [-0.15, -0.1) is 0 Å². The van der Waals surface area contributed by atoms with Gasteiger partial charge in [-0.3, -0.25) is 0 Å². The SMILES string of the molecule is CO[C@H](CO[Si](c1ccccc1)(c1ccccc1)C(C)(C)C)[C@@H](CI)NC(=O)O. The first kappa shape index (κ1) is 23.9. The molecule has 0 bridgehead atoms. The Morgan fingerprint density at radius 2 is 1.55 bits per heavy atom. The maximum absolute atomic E-state index is 11.2. The second kappa shape index (κ2) is 10.6. The molecule has 0 aliphatic rings. The number of halogens is 1. The summed E-state index contributed by atoms with van der Waals surface area (Å²) in [5.41, 5.74) is 0. The average Bonchev–Trinajstić information content (AvgIpc) is 2.70. The van der Waals surface area contributed by atoms with Crippen LogP contribution < -0.4 is 15.7 Å². The van der Waals surface area contributed by atoms with Gasteiger partial charge < -0.3 is 19.6 Å². The number of carbonyl (C=O) groups is 1. The van der Waals surface area contributed by atoms with Crippen LogP contribution >= 0.6 is 22.6 Å². The molecule has 0 aliphatic carbocycles. The first-order valence-corrected chi connectivity index (χ1v) is 13.0. The van der Waals surface area contributed by atoms with Crippen molar-refractivity contribution >= 4 is 47.4 Å². The van der Waals surface area contributed by atoms with Crippen molar-refractivity contribution in [1.29, 1.82) is 0 Å². The predicted octanol–water partition coefficient (Wildman–Crippen LogP) is 3.65. The Bertz CT molecular complexity index is 728. The quantitative estimate of drug-likeness (QED) is 0.297. The van der Waals surface area contributed by atoms with Gasteiger partial charge >= 0.3 is 6.09 Å². The Hall–Kier alpha value is -1.42. The van der Waals surface area contributed by atoms with Crippen molar-refractivity contribution in [3.8, 4) is 0 Å². The third-order valence-electron chi connectivity index (χ3n) is 5.11. The summed E-state index contributed by atoms with van der Waals surface area (Å²) in [4.78, 5) is 11.2. The van der Waals surface area contributed by atoms with Gasteiger partial charge in [-0.05, 0) is 15.4 Å². The Kier molecular flexibility index (Phi) is 8.68. The zero-order valence-electron chi connectivity index (χ0n) is 17.4. The van der Waals surface area contributed by atoms with E-state index < -0.39 is 14.4 Å². The molecule has 2 aromatic rings. The van der Waals surface area contributed by atoms with Crippen LogP contribution in [0, 0.1) is 0 Å². The van der Waals surface area contributed by atoms with Crippen LogP contribution in [0.4, 0.5) is 4.79 Å². The van der Waals surface area contributed by atoms with Crippen molar-refractivity contribution in [2.45, 2.75) is 38.0 Å². The fourth-order valence-corrected chi connectivity index (χ4v) is 9.06. The van der Waals surface area contributed by atoms with E-state index in [1.54, 1.807) is 7.11 Å². The van der Waals surface area contributed by atoms with Crippen molar-refractivity contribution in [3.05, 3.63) is 60.7 Å². The number of rotatable bonds is 9. The zero-order valence-corrected chi connectivity index (χ0v) is 20.5. The number of alkyl halides is 1. The Morgan fingerprint density at radius 1 is 1.07 bits per heavy atom. The first-order chi connectivity index (χ1) is 13.8. The fraction of sp³-hybridized carbons (Fsp3) is 0.409. The van der Waals surface area contributed by atoms with Crippen LogP contribution in [0.25, 0.3) is 0 Å². The van der Waals surface area contributed by atoms with Crippen molar-refractivity contribution in [2.75, 3.05) is 18.1 Å². The molecule has 5 nitrogen and oxygen atoms in total. The Balaban J connectivity index is 2.49. The Morgan fingerprint density at radius 3 is 1.90 bits per heavy atom. The van der Waals surface area contributed by atoms with Crippen molar-refractivity contribution in [2.24, 2.45) is 0 Å². The fourth-order valence-electron chi connectivity index (χ4n) is 3.71. The number of amides is 1. The molecule has 2 rings (SSSR count). The number of nitrogens with one attached hydrogen (secondary N) is 1. The van der Waals surface area contributed by atoms with Crippen molar-refractivity contribution in [1.82, 2.24) is 5.32 Å². The van der Waals surface area contributed by atoms with Gasteiger partial charge in [-0.25, -0.2) is 4.79 Å². The summed E-state index contributed by atoms with van der Waals surface area (Å²) in [6.07, 6.45) is -1.44. The van der Waals surface area contributed by atoms with E-state index in [-0.39, 0.29) is 17.2 Å². The molecular weight excluding hydrogens is 497 g/mol. The maximum Gasteiger partial charge on any atom is 0.404 e. The highest BCUT2D eigenvalue weighted by atomic mass is 127. The molecule has 0 aliphatic heterocycles. The largest absolute Gasteiger partial charge is 0.465 e. The van der Waals surface area contributed by atoms with E-state index in [0.717, 1.165) is 0 Å². The van der Waals surface area contributed by atoms with Gasteiger partial charge in [0, 0.05) is 11.5 Å². The summed E-state index contributed by atoms with van der Waals surface area (Å²) < 4.78 is 13.1. The van der Waals surface area contributed by atoms with E-state index in [2.05, 4.69) is 72.9 Å². The molecule has 7 heteroatoms. The molecule has 29 heavy (non-hydrogen) atoms. The minimum absolute atomic E-state index is 0.145. The summed E-state index contributed by atoms with van der Waals surface area (Å²) in [5.74, 6) is 0. The maximum atomic E-state index is 11.2. The van der Waals surface area contributed by atoms with Gasteiger partial charge in [0.15, 0.2) is 0 Å². The van der Waals surface area contributed by atoms with Gasteiger partial charge in [-0.2, -0.15) is 0 Å². The number of hydrogen-bond donors (Lipinski definition) is 2. The summed E-state index contributed by atoms with van der Waals surface area (Å²) >= 11 is 2.17. The summed E-state index contributed by atoms with van der Waals surface area (Å²) in [5, 5.41) is 14.0. The highest BCUT2D eigenvalue weighted by Crippen LogP contribution is 2.37.